The van der Waals surface area contributed by atoms with Crippen molar-refractivity contribution in [1.29, 1.82) is 0 Å². The Labute approximate surface area is 187 Å². The molecular formula is C22H25N5O2S2. The average molecular weight is 456 g/mol. The zero-order valence-corrected chi connectivity index (χ0v) is 19.0. The molecule has 2 heterocycles. The molecule has 1 aromatic heterocycles. The third kappa shape index (κ3) is 5.01. The lowest BCUT2D eigenvalue weighted by molar-refractivity contribution is 0.145. The number of benzene rings is 2. The van der Waals surface area contributed by atoms with E-state index < -0.39 is 10.0 Å². The van der Waals surface area contributed by atoms with Gasteiger partial charge in [-0.1, -0.05) is 48.5 Å². The van der Waals surface area contributed by atoms with E-state index in [1.54, 1.807) is 17.1 Å². The van der Waals surface area contributed by atoms with Gasteiger partial charge in [0.2, 0.25) is 14.8 Å². The number of piperazine rings is 1. The number of aromatic nitrogens is 3. The number of rotatable bonds is 6. The van der Waals surface area contributed by atoms with Gasteiger partial charge in [0.25, 0.3) is 0 Å². The highest BCUT2D eigenvalue weighted by Crippen LogP contribution is 2.15. The molecule has 4 rings (SSSR count). The monoisotopic (exact) mass is 455 g/mol. The van der Waals surface area contributed by atoms with Crippen LogP contribution in [-0.4, -0.2) is 58.1 Å². The second kappa shape index (κ2) is 9.27. The van der Waals surface area contributed by atoms with E-state index in [4.69, 9.17) is 12.2 Å². The van der Waals surface area contributed by atoms with Crippen molar-refractivity contribution in [2.75, 3.05) is 26.2 Å². The maximum atomic E-state index is 12.7. The normalized spacial score (nSPS) is 16.2. The molecule has 1 aliphatic heterocycles. The highest BCUT2D eigenvalue weighted by Gasteiger charge is 2.25. The third-order valence-corrected chi connectivity index (χ3v) is 7.34. The zero-order valence-electron chi connectivity index (χ0n) is 17.3. The van der Waals surface area contributed by atoms with Gasteiger partial charge < -0.3 is 0 Å². The first-order valence-corrected chi connectivity index (χ1v) is 12.0. The third-order valence-electron chi connectivity index (χ3n) is 5.37. The second-order valence-electron chi connectivity index (χ2n) is 7.49. The lowest BCUT2D eigenvalue weighted by Crippen LogP contribution is -2.48. The van der Waals surface area contributed by atoms with Crippen molar-refractivity contribution in [3.63, 3.8) is 0 Å². The Hall–Kier alpha value is -2.59. The van der Waals surface area contributed by atoms with E-state index in [2.05, 4.69) is 10.00 Å². The van der Waals surface area contributed by atoms with E-state index in [0.29, 0.717) is 37.6 Å². The van der Waals surface area contributed by atoms with E-state index in [9.17, 15) is 8.42 Å². The average Bonchev–Trinajstić information content (AvgIpc) is 3.14. The topological polar surface area (TPSA) is 63.4 Å². The smallest absolute Gasteiger partial charge is 0.236 e. The summed E-state index contributed by atoms with van der Waals surface area (Å²) in [6, 6.07) is 17.5. The quantitative estimate of drug-likeness (QED) is 0.534. The van der Waals surface area contributed by atoms with Gasteiger partial charge in [0.1, 0.15) is 6.33 Å². The summed E-state index contributed by atoms with van der Waals surface area (Å²) in [6.45, 7) is 4.70. The summed E-state index contributed by atoms with van der Waals surface area (Å²) in [7, 11) is -3.44. The lowest BCUT2D eigenvalue weighted by Gasteiger charge is -2.32. The fraction of sp³-hybridized carbons (Fsp3) is 0.273. The van der Waals surface area contributed by atoms with Crippen LogP contribution >= 0.6 is 12.2 Å². The summed E-state index contributed by atoms with van der Waals surface area (Å²) in [5.74, 6) is 0. The van der Waals surface area contributed by atoms with E-state index >= 15 is 0 Å². The Morgan fingerprint density at radius 1 is 1.00 bits per heavy atom. The summed E-state index contributed by atoms with van der Waals surface area (Å²) in [5.41, 5.74) is 3.00. The molecule has 7 nitrogen and oxygen atoms in total. The number of aryl methyl sites for hydroxylation is 1. The Kier molecular flexibility index (Phi) is 6.47. The molecule has 0 aliphatic carbocycles. The first-order chi connectivity index (χ1) is 14.9. The summed E-state index contributed by atoms with van der Waals surface area (Å²) >= 11 is 5.62. The molecule has 2 aromatic carbocycles. The van der Waals surface area contributed by atoms with Crippen LogP contribution in [0.5, 0.6) is 0 Å². The van der Waals surface area contributed by atoms with Gasteiger partial charge in [0, 0.05) is 31.6 Å². The van der Waals surface area contributed by atoms with Crippen LogP contribution in [0.1, 0.15) is 11.1 Å². The number of sulfonamides is 1. The second-order valence-corrected chi connectivity index (χ2v) is 9.67. The predicted octanol–water partition coefficient (Wildman–Crippen LogP) is 3.29. The largest absolute Gasteiger partial charge is 0.282 e. The summed E-state index contributed by atoms with van der Waals surface area (Å²) in [4.78, 5) is 2.16. The van der Waals surface area contributed by atoms with E-state index in [1.807, 2.05) is 66.1 Å². The molecule has 1 aliphatic rings. The van der Waals surface area contributed by atoms with Crippen molar-refractivity contribution in [3.8, 4) is 5.69 Å². The van der Waals surface area contributed by atoms with Crippen molar-refractivity contribution < 1.29 is 8.42 Å². The van der Waals surface area contributed by atoms with Gasteiger partial charge in [0.15, 0.2) is 0 Å². The predicted molar refractivity (Wildman–Crippen MR) is 125 cm³/mol. The molecule has 0 N–H and O–H groups in total. The van der Waals surface area contributed by atoms with Gasteiger partial charge in [-0.05, 0) is 42.4 Å². The van der Waals surface area contributed by atoms with Crippen molar-refractivity contribution in [1.82, 2.24) is 23.6 Å². The van der Waals surface area contributed by atoms with Gasteiger partial charge in [-0.15, -0.1) is 0 Å². The molecule has 0 radical (unpaired) electrons. The summed E-state index contributed by atoms with van der Waals surface area (Å²) in [5, 5.41) is 5.74. The van der Waals surface area contributed by atoms with Crippen LogP contribution < -0.4 is 0 Å². The van der Waals surface area contributed by atoms with Crippen LogP contribution in [0.4, 0.5) is 0 Å². The van der Waals surface area contributed by atoms with Crippen LogP contribution in [0.15, 0.2) is 66.3 Å². The minimum absolute atomic E-state index is 0.438. The SMILES string of the molecule is Cc1ccccc1-n1cnn(CN2CCN(S(=O)(=O)C=Cc3ccccc3)CC2)c1=S. The minimum atomic E-state index is -3.44. The van der Waals surface area contributed by atoms with Crippen LogP contribution in [0, 0.1) is 11.7 Å². The van der Waals surface area contributed by atoms with E-state index in [-0.39, 0.29) is 0 Å². The number of para-hydroxylation sites is 1. The molecule has 0 unspecified atom stereocenters. The number of hydrogen-bond acceptors (Lipinski definition) is 5. The Balaban J connectivity index is 1.38. The van der Waals surface area contributed by atoms with Crippen LogP contribution in [-0.2, 0) is 16.7 Å². The zero-order chi connectivity index (χ0) is 21.8. The Bertz CT molecular complexity index is 1220. The molecule has 31 heavy (non-hydrogen) atoms. The molecular weight excluding hydrogens is 430 g/mol. The van der Waals surface area contributed by atoms with Gasteiger partial charge in [-0.2, -0.15) is 9.40 Å². The van der Waals surface area contributed by atoms with Crippen LogP contribution in [0.2, 0.25) is 0 Å². The van der Waals surface area contributed by atoms with E-state index in [1.165, 1.54) is 9.71 Å². The summed E-state index contributed by atoms with van der Waals surface area (Å²) < 4.78 is 31.1. The van der Waals surface area contributed by atoms with Crippen LogP contribution in [0.25, 0.3) is 11.8 Å². The van der Waals surface area contributed by atoms with E-state index in [0.717, 1.165) is 16.8 Å². The molecule has 0 amide bonds. The van der Waals surface area contributed by atoms with Gasteiger partial charge in [0.05, 0.1) is 12.4 Å². The Morgan fingerprint density at radius 2 is 1.68 bits per heavy atom. The number of hydrogen-bond donors (Lipinski definition) is 0. The molecule has 0 saturated carbocycles. The van der Waals surface area contributed by atoms with Crippen molar-refractivity contribution in [2.24, 2.45) is 0 Å². The first kappa shape index (κ1) is 21.6. The molecule has 0 spiro atoms. The van der Waals surface area contributed by atoms with Crippen LogP contribution in [0.3, 0.4) is 0 Å². The first-order valence-electron chi connectivity index (χ1n) is 10.1. The lowest BCUT2D eigenvalue weighted by atomic mass is 10.2. The molecule has 0 bridgehead atoms. The maximum Gasteiger partial charge on any atom is 0.236 e. The molecule has 1 fully saturated rings. The standard InChI is InChI=1S/C22H25N5O2S2/c1-19-7-5-6-10-21(19)26-17-23-27(22(26)30)18-24-12-14-25(15-13-24)31(28,29)16-11-20-8-3-2-4-9-20/h2-11,16-17H,12-15,18H2,1H3. The molecule has 162 valence electrons. The highest BCUT2D eigenvalue weighted by atomic mass is 32.2. The van der Waals surface area contributed by atoms with Crippen molar-refractivity contribution in [2.45, 2.75) is 13.6 Å². The number of nitrogens with zero attached hydrogens (tertiary/aromatic N) is 5. The molecule has 0 atom stereocenters. The van der Waals surface area contributed by atoms with Crippen molar-refractivity contribution >= 4 is 28.3 Å². The van der Waals surface area contributed by atoms with Gasteiger partial charge >= 0.3 is 0 Å². The fourth-order valence-corrected chi connectivity index (χ4v) is 4.99. The fourth-order valence-electron chi connectivity index (χ4n) is 3.56. The van der Waals surface area contributed by atoms with Crippen molar-refractivity contribution in [3.05, 3.63) is 82.2 Å². The molecule has 1 saturated heterocycles. The van der Waals surface area contributed by atoms with Gasteiger partial charge in [-0.25, -0.2) is 13.1 Å². The highest BCUT2D eigenvalue weighted by molar-refractivity contribution is 7.92. The molecule has 3 aromatic rings. The minimum Gasteiger partial charge on any atom is -0.282 e. The Morgan fingerprint density at radius 3 is 2.39 bits per heavy atom. The molecule has 9 heteroatoms. The maximum absolute atomic E-state index is 12.7. The summed E-state index contributed by atoms with van der Waals surface area (Å²) in [6.07, 6.45) is 3.37. The van der Waals surface area contributed by atoms with Gasteiger partial charge in [-0.3, -0.25) is 9.47 Å².